The molecule has 2 rings (SSSR count). The number of rotatable bonds is 3. The molecule has 1 fully saturated rings. The van der Waals surface area contributed by atoms with Gasteiger partial charge in [0, 0.05) is 13.1 Å². The Balaban J connectivity index is 2.31. The smallest absolute Gasteiger partial charge is 0.415 e. The van der Waals surface area contributed by atoms with Crippen molar-refractivity contribution in [1.82, 2.24) is 4.31 Å². The number of halogens is 3. The first-order valence-electron chi connectivity index (χ1n) is 6.08. The van der Waals surface area contributed by atoms with E-state index in [9.17, 15) is 21.6 Å². The van der Waals surface area contributed by atoms with Crippen LogP contribution in [0, 0.1) is 0 Å². The van der Waals surface area contributed by atoms with Crippen molar-refractivity contribution in [2.45, 2.75) is 17.2 Å². The van der Waals surface area contributed by atoms with E-state index in [4.69, 9.17) is 4.74 Å². The maximum Gasteiger partial charge on any atom is 0.415 e. The summed E-state index contributed by atoms with van der Waals surface area (Å²) in [7, 11) is -2.77. The minimum absolute atomic E-state index is 0.0903. The average molecular weight is 325 g/mol. The molecule has 0 bridgehead atoms. The fraction of sp³-hybridized carbons (Fsp3) is 0.500. The highest BCUT2D eigenvalue weighted by Gasteiger charge is 2.46. The zero-order valence-electron chi connectivity index (χ0n) is 11.1. The second-order valence-corrected chi connectivity index (χ2v) is 6.32. The van der Waals surface area contributed by atoms with Gasteiger partial charge in [-0.1, -0.05) is 12.1 Å². The highest BCUT2D eigenvalue weighted by Crippen LogP contribution is 2.31. The lowest BCUT2D eigenvalue weighted by molar-refractivity contribution is -0.231. The molecule has 0 aromatic heterocycles. The van der Waals surface area contributed by atoms with Crippen LogP contribution in [0.2, 0.25) is 0 Å². The molecular formula is C12H14F3NO4S. The fourth-order valence-corrected chi connectivity index (χ4v) is 3.59. The zero-order valence-corrected chi connectivity index (χ0v) is 11.9. The minimum Gasteiger partial charge on any atom is -0.495 e. The van der Waals surface area contributed by atoms with Crippen molar-refractivity contribution >= 4 is 10.0 Å². The second-order valence-electron chi connectivity index (χ2n) is 4.41. The summed E-state index contributed by atoms with van der Waals surface area (Å²) in [5, 5.41) is 0. The lowest BCUT2D eigenvalue weighted by atomic mass is 10.3. The first kappa shape index (κ1) is 16.1. The Bertz CT molecular complexity index is 603. The van der Waals surface area contributed by atoms with Gasteiger partial charge in [0.05, 0.1) is 13.7 Å². The Labute approximate surface area is 120 Å². The summed E-state index contributed by atoms with van der Waals surface area (Å²) < 4.78 is 73.3. The summed E-state index contributed by atoms with van der Waals surface area (Å²) in [4.78, 5) is -0.157. The summed E-state index contributed by atoms with van der Waals surface area (Å²) >= 11 is 0. The van der Waals surface area contributed by atoms with Gasteiger partial charge < -0.3 is 9.47 Å². The third-order valence-electron chi connectivity index (χ3n) is 3.08. The Morgan fingerprint density at radius 3 is 2.62 bits per heavy atom. The molecule has 1 aliphatic rings. The van der Waals surface area contributed by atoms with Crippen molar-refractivity contribution in [3.63, 3.8) is 0 Å². The summed E-state index contributed by atoms with van der Waals surface area (Å²) in [5.74, 6) is 0.0903. The lowest BCUT2D eigenvalue weighted by Gasteiger charge is -2.33. The minimum atomic E-state index is -4.60. The Hall–Kier alpha value is -1.32. The Morgan fingerprint density at radius 2 is 2.00 bits per heavy atom. The van der Waals surface area contributed by atoms with Gasteiger partial charge in [0.2, 0.25) is 10.0 Å². The van der Waals surface area contributed by atoms with Crippen molar-refractivity contribution in [3.05, 3.63) is 24.3 Å². The molecule has 0 N–H and O–H groups in total. The molecule has 0 unspecified atom stereocenters. The number of benzene rings is 1. The number of morpholine rings is 1. The van der Waals surface area contributed by atoms with Crippen LogP contribution in [0.5, 0.6) is 5.75 Å². The topological polar surface area (TPSA) is 55.8 Å². The van der Waals surface area contributed by atoms with E-state index >= 15 is 0 Å². The van der Waals surface area contributed by atoms with E-state index in [1.807, 2.05) is 0 Å². The van der Waals surface area contributed by atoms with Crippen LogP contribution in [-0.2, 0) is 14.8 Å². The zero-order chi connectivity index (χ0) is 15.7. The van der Waals surface area contributed by atoms with Crippen molar-refractivity contribution in [2.24, 2.45) is 0 Å². The van der Waals surface area contributed by atoms with Crippen molar-refractivity contribution in [1.29, 1.82) is 0 Å². The van der Waals surface area contributed by atoms with E-state index in [0.29, 0.717) is 0 Å². The predicted octanol–water partition coefficient (Wildman–Crippen LogP) is 1.65. The molecule has 1 saturated heterocycles. The molecule has 1 aromatic rings. The number of alkyl halides is 3. The van der Waals surface area contributed by atoms with Crippen LogP contribution in [0.4, 0.5) is 13.2 Å². The lowest BCUT2D eigenvalue weighted by Crippen LogP contribution is -2.51. The Kier molecular flexibility index (Phi) is 4.45. The third kappa shape index (κ3) is 3.30. The molecule has 1 aliphatic heterocycles. The number of para-hydroxylation sites is 1. The van der Waals surface area contributed by atoms with Crippen LogP contribution in [0.1, 0.15) is 0 Å². The number of hydrogen-bond acceptors (Lipinski definition) is 4. The first-order chi connectivity index (χ1) is 9.76. The highest BCUT2D eigenvalue weighted by atomic mass is 32.2. The SMILES string of the molecule is COc1ccccc1S(=O)(=O)N1CCO[C@@H](C(F)(F)F)C1. The van der Waals surface area contributed by atoms with Crippen molar-refractivity contribution < 1.29 is 31.1 Å². The summed E-state index contributed by atoms with van der Waals surface area (Å²) in [5.41, 5.74) is 0. The van der Waals surface area contributed by atoms with Gasteiger partial charge in [-0.15, -0.1) is 0 Å². The molecule has 1 heterocycles. The molecule has 0 spiro atoms. The van der Waals surface area contributed by atoms with Crippen LogP contribution in [-0.4, -0.2) is 51.8 Å². The quantitative estimate of drug-likeness (QED) is 0.848. The van der Waals surface area contributed by atoms with Gasteiger partial charge in [0.25, 0.3) is 0 Å². The monoisotopic (exact) mass is 325 g/mol. The van der Waals surface area contributed by atoms with Gasteiger partial charge in [-0.25, -0.2) is 8.42 Å². The molecule has 1 aromatic carbocycles. The number of ether oxygens (including phenoxy) is 2. The number of methoxy groups -OCH3 is 1. The van der Waals surface area contributed by atoms with Gasteiger partial charge in [-0.2, -0.15) is 17.5 Å². The number of nitrogens with zero attached hydrogens (tertiary/aromatic N) is 1. The van der Waals surface area contributed by atoms with Crippen LogP contribution >= 0.6 is 0 Å². The third-order valence-corrected chi connectivity index (χ3v) is 4.99. The largest absolute Gasteiger partial charge is 0.495 e. The van der Waals surface area contributed by atoms with Gasteiger partial charge >= 0.3 is 6.18 Å². The number of sulfonamides is 1. The summed E-state index contributed by atoms with van der Waals surface area (Å²) in [6.45, 7) is -1.20. The molecule has 9 heteroatoms. The maximum atomic E-state index is 12.7. The molecule has 0 saturated carbocycles. The average Bonchev–Trinajstić information content (AvgIpc) is 2.46. The van der Waals surface area contributed by atoms with E-state index in [0.717, 1.165) is 4.31 Å². The van der Waals surface area contributed by atoms with E-state index in [1.165, 1.54) is 25.3 Å². The van der Waals surface area contributed by atoms with E-state index in [-0.39, 0.29) is 23.8 Å². The van der Waals surface area contributed by atoms with Gasteiger partial charge in [0.15, 0.2) is 6.10 Å². The van der Waals surface area contributed by atoms with Gasteiger partial charge in [-0.05, 0) is 12.1 Å². The van der Waals surface area contributed by atoms with E-state index < -0.39 is 28.8 Å². The standard InChI is InChI=1S/C12H14F3NO4S/c1-19-9-4-2-3-5-10(9)21(17,18)16-6-7-20-11(8-16)12(13,14)15/h2-5,11H,6-8H2,1H3/t11-/m1/s1. The number of hydrogen-bond donors (Lipinski definition) is 0. The molecular weight excluding hydrogens is 311 g/mol. The van der Waals surface area contributed by atoms with E-state index in [1.54, 1.807) is 6.07 Å². The Morgan fingerprint density at radius 1 is 1.33 bits per heavy atom. The van der Waals surface area contributed by atoms with Crippen LogP contribution in [0.25, 0.3) is 0 Å². The first-order valence-corrected chi connectivity index (χ1v) is 7.52. The van der Waals surface area contributed by atoms with Crippen molar-refractivity contribution in [3.8, 4) is 5.75 Å². The van der Waals surface area contributed by atoms with Crippen LogP contribution in [0.15, 0.2) is 29.2 Å². The van der Waals surface area contributed by atoms with Crippen molar-refractivity contribution in [2.75, 3.05) is 26.8 Å². The molecule has 0 amide bonds. The predicted molar refractivity (Wildman–Crippen MR) is 67.5 cm³/mol. The normalized spacial score (nSPS) is 21.2. The summed E-state index contributed by atoms with van der Waals surface area (Å²) in [6.07, 6.45) is -6.72. The summed E-state index contributed by atoms with van der Waals surface area (Å²) in [6, 6.07) is 5.80. The maximum absolute atomic E-state index is 12.7. The molecule has 5 nitrogen and oxygen atoms in total. The van der Waals surface area contributed by atoms with Gasteiger partial charge in [0.1, 0.15) is 10.6 Å². The highest BCUT2D eigenvalue weighted by molar-refractivity contribution is 7.89. The van der Waals surface area contributed by atoms with Crippen LogP contribution in [0.3, 0.4) is 0 Å². The molecule has 118 valence electrons. The van der Waals surface area contributed by atoms with Crippen LogP contribution < -0.4 is 4.74 Å². The van der Waals surface area contributed by atoms with E-state index in [2.05, 4.69) is 4.74 Å². The molecule has 21 heavy (non-hydrogen) atoms. The second kappa shape index (κ2) is 5.82. The van der Waals surface area contributed by atoms with Gasteiger partial charge in [-0.3, -0.25) is 0 Å². The molecule has 0 aliphatic carbocycles. The molecule has 0 radical (unpaired) electrons. The molecule has 1 atom stereocenters. The fourth-order valence-electron chi connectivity index (χ4n) is 2.01.